The maximum Gasteiger partial charge on any atom is 0.267 e. The first-order valence-corrected chi connectivity index (χ1v) is 7.80. The van der Waals surface area contributed by atoms with Crippen LogP contribution in [0.25, 0.3) is 0 Å². The van der Waals surface area contributed by atoms with Gasteiger partial charge in [0.05, 0.1) is 19.8 Å². The molecule has 0 unspecified atom stereocenters. The van der Waals surface area contributed by atoms with Gasteiger partial charge in [0.25, 0.3) is 5.91 Å². The van der Waals surface area contributed by atoms with E-state index in [-0.39, 0.29) is 16.7 Å². The molecule has 4 rings (SSSR count). The first kappa shape index (κ1) is 13.0. The molecule has 112 valence electrons. The van der Waals surface area contributed by atoms with Crippen molar-refractivity contribution in [2.75, 3.05) is 32.9 Å². The second kappa shape index (κ2) is 3.96. The van der Waals surface area contributed by atoms with Gasteiger partial charge in [0.2, 0.25) is 0 Å². The van der Waals surface area contributed by atoms with E-state index < -0.39 is 5.60 Å². The Labute approximate surface area is 119 Å². The maximum absolute atomic E-state index is 12.9. The monoisotopic (exact) mass is 280 g/mol. The van der Waals surface area contributed by atoms with Crippen molar-refractivity contribution in [3.05, 3.63) is 0 Å². The topological polar surface area (TPSA) is 50.8 Å². The van der Waals surface area contributed by atoms with Gasteiger partial charge in [-0.25, -0.2) is 5.01 Å². The van der Waals surface area contributed by atoms with Gasteiger partial charge in [-0.15, -0.1) is 0 Å². The number of hydrazine groups is 1. The third kappa shape index (κ3) is 1.32. The Bertz CT molecular complexity index is 450. The standard InChI is InChI=1S/C15H24N2O3/c1-13-10-20-15(9-11(13)3-4-14(13,15)2)12(18)16-17-5-7-19-8-6-17/h11H,3-10H2,1-2H3,(H,16,18)/t11-,13-,14+,15-/m0/s1. The number of nitrogens with one attached hydrogen (secondary N) is 1. The van der Waals surface area contributed by atoms with Crippen molar-refractivity contribution in [3.8, 4) is 0 Å². The Morgan fingerprint density at radius 1 is 1.30 bits per heavy atom. The summed E-state index contributed by atoms with van der Waals surface area (Å²) in [6.45, 7) is 8.23. The highest BCUT2D eigenvalue weighted by atomic mass is 16.5. The molecule has 5 nitrogen and oxygen atoms in total. The zero-order chi connectivity index (χ0) is 14.0. The van der Waals surface area contributed by atoms with E-state index in [0.717, 1.165) is 32.5 Å². The summed E-state index contributed by atoms with van der Waals surface area (Å²) in [5, 5.41) is 1.98. The lowest BCUT2D eigenvalue weighted by molar-refractivity contribution is -0.162. The van der Waals surface area contributed by atoms with Gasteiger partial charge in [-0.1, -0.05) is 13.8 Å². The van der Waals surface area contributed by atoms with Gasteiger partial charge in [0.15, 0.2) is 5.60 Å². The van der Waals surface area contributed by atoms with Crippen molar-refractivity contribution in [2.24, 2.45) is 16.7 Å². The number of carbonyl (C=O) groups is 1. The summed E-state index contributed by atoms with van der Waals surface area (Å²) >= 11 is 0. The Morgan fingerprint density at radius 3 is 2.70 bits per heavy atom. The molecule has 4 aliphatic rings. The molecule has 1 N–H and O–H groups in total. The summed E-state index contributed by atoms with van der Waals surface area (Å²) in [6, 6.07) is 0. The van der Waals surface area contributed by atoms with Crippen LogP contribution in [0.2, 0.25) is 0 Å². The molecule has 2 aliphatic heterocycles. The van der Waals surface area contributed by atoms with Gasteiger partial charge in [0.1, 0.15) is 0 Å². The smallest absolute Gasteiger partial charge is 0.267 e. The van der Waals surface area contributed by atoms with E-state index in [1.807, 2.05) is 5.01 Å². The molecular weight excluding hydrogens is 256 g/mol. The maximum atomic E-state index is 12.9. The third-order valence-electron chi connectivity index (χ3n) is 6.84. The minimum atomic E-state index is -0.594. The van der Waals surface area contributed by atoms with Crippen molar-refractivity contribution in [1.29, 1.82) is 0 Å². The molecule has 0 aromatic carbocycles. The average molecular weight is 280 g/mol. The van der Waals surface area contributed by atoms with E-state index in [4.69, 9.17) is 9.47 Å². The van der Waals surface area contributed by atoms with E-state index >= 15 is 0 Å². The summed E-state index contributed by atoms with van der Waals surface area (Å²) in [7, 11) is 0. The number of hydrogen-bond donors (Lipinski definition) is 1. The van der Waals surface area contributed by atoms with E-state index in [0.29, 0.717) is 19.1 Å². The van der Waals surface area contributed by atoms with Crippen molar-refractivity contribution >= 4 is 5.91 Å². The van der Waals surface area contributed by atoms with Crippen LogP contribution in [-0.4, -0.2) is 49.4 Å². The molecule has 0 aromatic heterocycles. The quantitative estimate of drug-likeness (QED) is 0.818. The van der Waals surface area contributed by atoms with Crippen LogP contribution in [0, 0.1) is 16.7 Å². The number of morpholine rings is 1. The second-order valence-corrected chi connectivity index (χ2v) is 7.35. The van der Waals surface area contributed by atoms with Crippen LogP contribution in [0.3, 0.4) is 0 Å². The van der Waals surface area contributed by atoms with Crippen LogP contribution in [0.15, 0.2) is 0 Å². The van der Waals surface area contributed by atoms with Crippen LogP contribution in [0.1, 0.15) is 33.1 Å². The average Bonchev–Trinajstić information content (AvgIpc) is 2.92. The van der Waals surface area contributed by atoms with E-state index in [1.165, 1.54) is 6.42 Å². The zero-order valence-corrected chi connectivity index (χ0v) is 12.4. The van der Waals surface area contributed by atoms with Crippen molar-refractivity contribution < 1.29 is 14.3 Å². The summed E-state index contributed by atoms with van der Waals surface area (Å²) in [6.07, 6.45) is 3.27. The SMILES string of the molecule is C[C@]12CC[C@H]3C[C@@]1(C(=O)NN1CCOCC1)OC[C@@]32C. The van der Waals surface area contributed by atoms with Gasteiger partial charge < -0.3 is 9.47 Å². The molecule has 2 saturated carbocycles. The number of hydrogen-bond acceptors (Lipinski definition) is 4. The molecule has 2 saturated heterocycles. The third-order valence-corrected chi connectivity index (χ3v) is 6.84. The lowest BCUT2D eigenvalue weighted by Gasteiger charge is -2.41. The Hall–Kier alpha value is -0.650. The van der Waals surface area contributed by atoms with E-state index in [9.17, 15) is 4.79 Å². The van der Waals surface area contributed by atoms with Gasteiger partial charge in [0, 0.05) is 23.9 Å². The fourth-order valence-electron chi connectivity index (χ4n) is 5.17. The molecule has 4 bridgehead atoms. The van der Waals surface area contributed by atoms with Crippen molar-refractivity contribution in [1.82, 2.24) is 10.4 Å². The van der Waals surface area contributed by atoms with Gasteiger partial charge in [-0.05, 0) is 25.2 Å². The van der Waals surface area contributed by atoms with Crippen LogP contribution in [0.4, 0.5) is 0 Å². The van der Waals surface area contributed by atoms with Crippen molar-refractivity contribution in [2.45, 2.75) is 38.7 Å². The van der Waals surface area contributed by atoms with Crippen LogP contribution >= 0.6 is 0 Å². The molecule has 2 heterocycles. The summed E-state index contributed by atoms with van der Waals surface area (Å²) in [4.78, 5) is 12.9. The lowest BCUT2D eigenvalue weighted by atomic mass is 9.66. The fraction of sp³-hybridized carbons (Fsp3) is 0.933. The van der Waals surface area contributed by atoms with Crippen LogP contribution < -0.4 is 5.43 Å². The van der Waals surface area contributed by atoms with E-state index in [1.54, 1.807) is 0 Å². The number of carbonyl (C=O) groups excluding carboxylic acids is 1. The number of ether oxygens (including phenoxy) is 2. The molecule has 0 radical (unpaired) electrons. The highest BCUT2D eigenvalue weighted by Crippen LogP contribution is 2.74. The van der Waals surface area contributed by atoms with Crippen LogP contribution in [0.5, 0.6) is 0 Å². The largest absolute Gasteiger partial charge is 0.379 e. The first-order valence-electron chi connectivity index (χ1n) is 7.80. The molecule has 5 heteroatoms. The summed E-state index contributed by atoms with van der Waals surface area (Å²) in [5.41, 5.74) is 2.69. The first-order chi connectivity index (χ1) is 9.52. The molecule has 2 aliphatic carbocycles. The summed E-state index contributed by atoms with van der Waals surface area (Å²) in [5.74, 6) is 0.726. The number of amides is 1. The minimum absolute atomic E-state index is 0.00103. The molecule has 4 fully saturated rings. The van der Waals surface area contributed by atoms with E-state index in [2.05, 4.69) is 19.3 Å². The molecule has 0 spiro atoms. The molecule has 1 amide bonds. The molecule has 0 aromatic rings. The minimum Gasteiger partial charge on any atom is -0.379 e. The summed E-state index contributed by atoms with van der Waals surface area (Å²) < 4.78 is 11.4. The molecule has 20 heavy (non-hydrogen) atoms. The molecule has 4 atom stereocenters. The van der Waals surface area contributed by atoms with Gasteiger partial charge >= 0.3 is 0 Å². The van der Waals surface area contributed by atoms with Crippen molar-refractivity contribution in [3.63, 3.8) is 0 Å². The highest BCUT2D eigenvalue weighted by Gasteiger charge is 2.78. The predicted octanol–water partition coefficient (Wildman–Crippen LogP) is 0.945. The normalized spacial score (nSPS) is 50.6. The Morgan fingerprint density at radius 2 is 2.05 bits per heavy atom. The lowest BCUT2D eigenvalue weighted by Crippen LogP contribution is -2.60. The fourth-order valence-corrected chi connectivity index (χ4v) is 5.17. The molecular formula is C15H24N2O3. The van der Waals surface area contributed by atoms with Gasteiger partial charge in [-0.3, -0.25) is 10.2 Å². The van der Waals surface area contributed by atoms with Crippen LogP contribution in [-0.2, 0) is 14.3 Å². The number of rotatable bonds is 2. The highest BCUT2D eigenvalue weighted by molar-refractivity contribution is 5.87. The second-order valence-electron chi connectivity index (χ2n) is 7.35. The predicted molar refractivity (Wildman–Crippen MR) is 72.8 cm³/mol. The van der Waals surface area contributed by atoms with Gasteiger partial charge in [-0.2, -0.15) is 0 Å². The Balaban J connectivity index is 1.57. The number of nitrogens with zero attached hydrogens (tertiary/aromatic N) is 1. The Kier molecular flexibility index (Phi) is 2.58. The zero-order valence-electron chi connectivity index (χ0n) is 12.4.